The smallest absolute Gasteiger partial charge is 0.326 e. The first-order valence-electron chi connectivity index (χ1n) is 12.5. The maximum absolute atomic E-state index is 13.4. The highest BCUT2D eigenvalue weighted by Crippen LogP contribution is 2.31. The molecule has 2 saturated heterocycles. The summed E-state index contributed by atoms with van der Waals surface area (Å²) < 4.78 is 1.77. The van der Waals surface area contributed by atoms with Gasteiger partial charge in [0.05, 0.1) is 11.0 Å². The fraction of sp³-hybridized carbons (Fsp3) is 0.286. The first-order chi connectivity index (χ1) is 17.8. The molecule has 37 heavy (non-hydrogen) atoms. The quantitative estimate of drug-likeness (QED) is 0.423. The van der Waals surface area contributed by atoms with Crippen molar-refractivity contribution in [3.63, 3.8) is 0 Å². The number of piperidine rings is 1. The lowest BCUT2D eigenvalue weighted by Gasteiger charge is -2.33. The number of para-hydroxylation sites is 2. The Hall–Kier alpha value is -4.40. The molecule has 2 N–H and O–H groups in total. The zero-order valence-corrected chi connectivity index (χ0v) is 20.4. The summed E-state index contributed by atoms with van der Waals surface area (Å²) in [7, 11) is 0. The molecule has 0 unspecified atom stereocenters. The van der Waals surface area contributed by atoms with Crippen LogP contribution in [-0.2, 0) is 15.1 Å². The second-order valence-corrected chi connectivity index (χ2v) is 9.94. The van der Waals surface area contributed by atoms with E-state index in [0.29, 0.717) is 31.5 Å². The normalized spacial score (nSPS) is 20.7. The number of hydrogen-bond donors (Lipinski definition) is 2. The summed E-state index contributed by atoms with van der Waals surface area (Å²) >= 11 is 0. The molecule has 3 aromatic carbocycles. The summed E-state index contributed by atoms with van der Waals surface area (Å²) in [5.74, 6) is -0.725. The number of amides is 4. The highest BCUT2D eigenvalue weighted by molar-refractivity contribution is 6.09. The van der Waals surface area contributed by atoms with Gasteiger partial charge >= 0.3 is 11.7 Å². The number of aromatic amines is 1. The van der Waals surface area contributed by atoms with Crippen LogP contribution in [0.1, 0.15) is 31.4 Å². The predicted molar refractivity (Wildman–Crippen MR) is 139 cm³/mol. The Kier molecular flexibility index (Phi) is 5.36. The number of likely N-dealkylation sites (tertiary alicyclic amines) is 1. The molecule has 0 radical (unpaired) electrons. The predicted octanol–water partition coefficient (Wildman–Crippen LogP) is 3.11. The average Bonchev–Trinajstić information content (AvgIpc) is 3.36. The molecular weight excluding hydrogens is 470 g/mol. The van der Waals surface area contributed by atoms with E-state index in [9.17, 15) is 19.2 Å². The van der Waals surface area contributed by atoms with Gasteiger partial charge in [-0.2, -0.15) is 0 Å². The molecule has 0 bridgehead atoms. The third-order valence-corrected chi connectivity index (χ3v) is 7.70. The standard InChI is InChI=1S/C28H27N5O4/c1-28(20-11-10-18-6-2-3-7-19(18)16-20)25(35)32(27(37)30-28)17-24(34)31-14-12-21(13-15-31)33-23-9-5-4-8-22(23)29-26(33)36/h2-11,16,21H,12-15,17H2,1H3,(H,29,36)(H,30,37)/t28-/m0/s1. The minimum Gasteiger partial charge on any atom is -0.341 e. The fourth-order valence-corrected chi connectivity index (χ4v) is 5.58. The number of H-pyrrole nitrogens is 1. The van der Waals surface area contributed by atoms with Crippen molar-refractivity contribution in [1.29, 1.82) is 0 Å². The van der Waals surface area contributed by atoms with Crippen molar-refractivity contribution in [1.82, 2.24) is 24.7 Å². The Morgan fingerprint density at radius 2 is 1.65 bits per heavy atom. The Morgan fingerprint density at radius 3 is 2.43 bits per heavy atom. The van der Waals surface area contributed by atoms with Crippen molar-refractivity contribution in [3.05, 3.63) is 82.8 Å². The van der Waals surface area contributed by atoms with Crippen LogP contribution in [-0.4, -0.2) is 56.8 Å². The average molecular weight is 498 g/mol. The number of hydrogen-bond acceptors (Lipinski definition) is 4. The molecule has 9 nitrogen and oxygen atoms in total. The molecule has 188 valence electrons. The molecule has 4 amide bonds. The van der Waals surface area contributed by atoms with Crippen LogP contribution in [0.5, 0.6) is 0 Å². The summed E-state index contributed by atoms with van der Waals surface area (Å²) in [6, 6.07) is 20.4. The van der Waals surface area contributed by atoms with Gasteiger partial charge in [-0.15, -0.1) is 0 Å². The van der Waals surface area contributed by atoms with Crippen LogP contribution >= 0.6 is 0 Å². The monoisotopic (exact) mass is 497 g/mol. The highest BCUT2D eigenvalue weighted by Gasteiger charge is 2.49. The van der Waals surface area contributed by atoms with Gasteiger partial charge in [0.1, 0.15) is 12.1 Å². The van der Waals surface area contributed by atoms with Crippen molar-refractivity contribution in [2.45, 2.75) is 31.3 Å². The lowest BCUT2D eigenvalue weighted by Crippen LogP contribution is -2.47. The van der Waals surface area contributed by atoms with Crippen molar-refractivity contribution in [3.8, 4) is 0 Å². The van der Waals surface area contributed by atoms with Crippen molar-refractivity contribution in [2.75, 3.05) is 19.6 Å². The number of rotatable bonds is 4. The number of carbonyl (C=O) groups excluding carboxylic acids is 3. The third kappa shape index (κ3) is 3.78. The van der Waals surface area contributed by atoms with E-state index in [4.69, 9.17) is 0 Å². The topological polar surface area (TPSA) is 108 Å². The van der Waals surface area contributed by atoms with E-state index in [-0.39, 0.29) is 24.2 Å². The molecule has 0 aliphatic carbocycles. The zero-order chi connectivity index (χ0) is 25.7. The molecule has 2 aliphatic heterocycles. The molecule has 2 aliphatic rings. The molecule has 1 atom stereocenters. The van der Waals surface area contributed by atoms with Crippen LogP contribution in [0.3, 0.4) is 0 Å². The van der Waals surface area contributed by atoms with Crippen LogP contribution in [0.15, 0.2) is 71.5 Å². The number of carbonyl (C=O) groups is 3. The Morgan fingerprint density at radius 1 is 0.946 bits per heavy atom. The van der Waals surface area contributed by atoms with Crippen LogP contribution in [0, 0.1) is 0 Å². The Bertz CT molecular complexity index is 1610. The maximum atomic E-state index is 13.4. The Labute approximate surface area is 212 Å². The summed E-state index contributed by atoms with van der Waals surface area (Å²) in [6.07, 6.45) is 1.23. The van der Waals surface area contributed by atoms with Gasteiger partial charge in [-0.1, -0.05) is 48.5 Å². The van der Waals surface area contributed by atoms with Gasteiger partial charge in [0.25, 0.3) is 5.91 Å². The molecule has 2 fully saturated rings. The van der Waals surface area contributed by atoms with Crippen molar-refractivity contribution < 1.29 is 14.4 Å². The molecule has 0 spiro atoms. The number of nitrogens with one attached hydrogen (secondary N) is 2. The molecule has 9 heteroatoms. The SMILES string of the molecule is C[C@@]1(c2ccc3ccccc3c2)NC(=O)N(CC(=O)N2CCC(n3c(=O)[nH]c4ccccc43)CC2)C1=O. The number of fused-ring (bicyclic) bond motifs is 2. The van der Waals surface area contributed by atoms with Crippen LogP contribution in [0.4, 0.5) is 4.79 Å². The molecule has 0 saturated carbocycles. The van der Waals surface area contributed by atoms with E-state index in [1.54, 1.807) is 16.4 Å². The van der Waals surface area contributed by atoms with Gasteiger partial charge < -0.3 is 15.2 Å². The lowest BCUT2D eigenvalue weighted by atomic mass is 9.90. The summed E-state index contributed by atoms with van der Waals surface area (Å²) in [5, 5.41) is 4.80. The second-order valence-electron chi connectivity index (χ2n) is 9.94. The van der Waals surface area contributed by atoms with Gasteiger partial charge in [0.15, 0.2) is 0 Å². The maximum Gasteiger partial charge on any atom is 0.326 e. The zero-order valence-electron chi connectivity index (χ0n) is 20.4. The number of nitrogens with zero attached hydrogens (tertiary/aromatic N) is 3. The van der Waals surface area contributed by atoms with Crippen molar-refractivity contribution >= 4 is 39.7 Å². The number of imide groups is 1. The summed E-state index contributed by atoms with van der Waals surface area (Å²) in [5.41, 5.74) is 0.914. The number of urea groups is 1. The van der Waals surface area contributed by atoms with Gasteiger partial charge in [0, 0.05) is 19.1 Å². The summed E-state index contributed by atoms with van der Waals surface area (Å²) in [6.45, 7) is 2.25. The second kappa shape index (κ2) is 8.62. The third-order valence-electron chi connectivity index (χ3n) is 7.70. The lowest BCUT2D eigenvalue weighted by molar-refractivity contribution is -0.139. The minimum atomic E-state index is -1.25. The molecule has 1 aromatic heterocycles. The largest absolute Gasteiger partial charge is 0.341 e. The van der Waals surface area contributed by atoms with Crippen LogP contribution in [0.25, 0.3) is 21.8 Å². The van der Waals surface area contributed by atoms with Crippen molar-refractivity contribution in [2.24, 2.45) is 0 Å². The molecule has 3 heterocycles. The fourth-order valence-electron chi connectivity index (χ4n) is 5.58. The molecule has 6 rings (SSSR count). The number of imidazole rings is 1. The van der Waals surface area contributed by atoms with Gasteiger partial charge in [0.2, 0.25) is 5.91 Å². The first kappa shape index (κ1) is 23.0. The van der Waals surface area contributed by atoms with E-state index in [0.717, 1.165) is 26.7 Å². The van der Waals surface area contributed by atoms with Gasteiger partial charge in [-0.3, -0.25) is 19.1 Å². The van der Waals surface area contributed by atoms with E-state index in [1.807, 2.05) is 66.7 Å². The van der Waals surface area contributed by atoms with Crippen LogP contribution < -0.4 is 11.0 Å². The summed E-state index contributed by atoms with van der Waals surface area (Å²) in [4.78, 5) is 57.4. The number of aromatic nitrogens is 2. The Balaban J connectivity index is 1.14. The minimum absolute atomic E-state index is 0.0272. The first-order valence-corrected chi connectivity index (χ1v) is 12.5. The number of benzene rings is 3. The van der Waals surface area contributed by atoms with E-state index in [1.165, 1.54) is 0 Å². The van der Waals surface area contributed by atoms with Gasteiger partial charge in [-0.05, 0) is 54.3 Å². The van der Waals surface area contributed by atoms with E-state index >= 15 is 0 Å². The highest BCUT2D eigenvalue weighted by atomic mass is 16.2. The van der Waals surface area contributed by atoms with E-state index in [2.05, 4.69) is 10.3 Å². The molecular formula is C28H27N5O4. The van der Waals surface area contributed by atoms with Crippen LogP contribution in [0.2, 0.25) is 0 Å². The van der Waals surface area contributed by atoms with E-state index < -0.39 is 17.5 Å². The molecule has 4 aromatic rings. The van der Waals surface area contributed by atoms with Gasteiger partial charge in [-0.25, -0.2) is 9.59 Å².